The summed E-state index contributed by atoms with van der Waals surface area (Å²) in [6.07, 6.45) is -0.301. The Bertz CT molecular complexity index is 980. The van der Waals surface area contributed by atoms with E-state index >= 15 is 0 Å². The Hall–Kier alpha value is -3.56. The van der Waals surface area contributed by atoms with E-state index in [1.807, 2.05) is 0 Å². The van der Waals surface area contributed by atoms with Crippen LogP contribution in [0.1, 0.15) is 11.1 Å². The summed E-state index contributed by atoms with van der Waals surface area (Å²) in [6.45, 7) is 0.718. The maximum absolute atomic E-state index is 12.4. The van der Waals surface area contributed by atoms with Crippen LogP contribution in [0.2, 0.25) is 0 Å². The summed E-state index contributed by atoms with van der Waals surface area (Å²) < 4.78 is 15.8. The number of methoxy groups -OCH3 is 2. The molecular weight excluding hydrogens is 372 g/mol. The highest BCUT2D eigenvalue weighted by Crippen LogP contribution is 2.36. The number of carbonyl (C=O) groups excluding carboxylic acids is 2. The normalized spacial score (nSPS) is 10.4. The molecule has 0 unspecified atom stereocenters. The fraction of sp³-hybridized carbons (Fsp3) is 0.333. The van der Waals surface area contributed by atoms with Crippen LogP contribution < -0.4 is 25.7 Å². The third-order valence-corrected chi connectivity index (χ3v) is 4.02. The van der Waals surface area contributed by atoms with Gasteiger partial charge < -0.3 is 29.6 Å². The molecule has 0 radical (unpaired) electrons. The average Bonchev–Trinajstić information content (AvgIpc) is 2.66. The Labute approximate surface area is 159 Å². The minimum atomic E-state index is -1.20. The zero-order chi connectivity index (χ0) is 20.8. The summed E-state index contributed by atoms with van der Waals surface area (Å²) in [5.41, 5.74) is 0.185. The van der Waals surface area contributed by atoms with E-state index in [2.05, 4.69) is 10.6 Å². The lowest BCUT2D eigenvalue weighted by molar-refractivity contribution is -0.137. The van der Waals surface area contributed by atoms with E-state index in [1.165, 1.54) is 14.2 Å². The first kappa shape index (κ1) is 20.7. The molecule has 1 heterocycles. The van der Waals surface area contributed by atoms with Gasteiger partial charge >= 0.3 is 11.6 Å². The Balaban J connectivity index is 2.21. The molecule has 0 atom stereocenters. The van der Waals surface area contributed by atoms with Gasteiger partial charge in [-0.2, -0.15) is 0 Å². The molecule has 10 heteroatoms. The highest BCUT2D eigenvalue weighted by Gasteiger charge is 2.19. The highest BCUT2D eigenvalue weighted by atomic mass is 16.5. The topological polar surface area (TPSA) is 144 Å². The van der Waals surface area contributed by atoms with Gasteiger partial charge in [-0.15, -0.1) is 0 Å². The minimum Gasteiger partial charge on any atom is -0.493 e. The van der Waals surface area contributed by atoms with Crippen molar-refractivity contribution in [2.45, 2.75) is 13.3 Å². The zero-order valence-corrected chi connectivity index (χ0v) is 15.6. The molecule has 3 N–H and O–H groups in total. The van der Waals surface area contributed by atoms with Crippen LogP contribution in [0.15, 0.2) is 21.3 Å². The number of carboxylic acid groups (broad SMARTS) is 1. The van der Waals surface area contributed by atoms with Crippen LogP contribution in [-0.2, 0) is 20.8 Å². The second-order valence-electron chi connectivity index (χ2n) is 5.79. The lowest BCUT2D eigenvalue weighted by atomic mass is 10.0. The molecule has 2 amide bonds. The molecule has 0 saturated carbocycles. The Morgan fingerprint density at radius 1 is 1.07 bits per heavy atom. The lowest BCUT2D eigenvalue weighted by Gasteiger charge is -2.12. The van der Waals surface area contributed by atoms with Crippen molar-refractivity contribution in [1.82, 2.24) is 10.6 Å². The maximum Gasteiger partial charge on any atom is 0.340 e. The van der Waals surface area contributed by atoms with E-state index in [9.17, 15) is 19.2 Å². The molecule has 0 saturated heterocycles. The predicted octanol–water partition coefficient (Wildman–Crippen LogP) is -0.0219. The Morgan fingerprint density at radius 2 is 1.75 bits per heavy atom. The Kier molecular flexibility index (Phi) is 6.59. The summed E-state index contributed by atoms with van der Waals surface area (Å²) in [6, 6.07) is 3.35. The fourth-order valence-corrected chi connectivity index (χ4v) is 2.61. The van der Waals surface area contributed by atoms with Gasteiger partial charge in [0.05, 0.1) is 32.7 Å². The van der Waals surface area contributed by atoms with Crippen LogP contribution >= 0.6 is 0 Å². The van der Waals surface area contributed by atoms with Crippen LogP contribution in [0.3, 0.4) is 0 Å². The summed E-state index contributed by atoms with van der Waals surface area (Å²) in [5, 5.41) is 13.5. The maximum atomic E-state index is 12.4. The van der Waals surface area contributed by atoms with Crippen molar-refractivity contribution in [3.05, 3.63) is 33.7 Å². The van der Waals surface area contributed by atoms with E-state index < -0.39 is 36.5 Å². The van der Waals surface area contributed by atoms with Gasteiger partial charge in [-0.25, -0.2) is 4.79 Å². The molecule has 1 aromatic heterocycles. The first-order valence-corrected chi connectivity index (χ1v) is 8.21. The molecule has 28 heavy (non-hydrogen) atoms. The molecule has 0 spiro atoms. The molecule has 10 nitrogen and oxygen atoms in total. The van der Waals surface area contributed by atoms with Gasteiger partial charge in [-0.3, -0.25) is 14.4 Å². The average molecular weight is 392 g/mol. The van der Waals surface area contributed by atoms with E-state index in [4.69, 9.17) is 19.0 Å². The number of hydrogen-bond donors (Lipinski definition) is 3. The first-order valence-electron chi connectivity index (χ1n) is 8.21. The summed E-state index contributed by atoms with van der Waals surface area (Å²) in [4.78, 5) is 46.3. The van der Waals surface area contributed by atoms with Crippen molar-refractivity contribution in [2.24, 2.45) is 0 Å². The number of fused-ring (bicyclic) bond motifs is 1. The van der Waals surface area contributed by atoms with Crippen molar-refractivity contribution in [1.29, 1.82) is 0 Å². The molecule has 0 aliphatic heterocycles. The minimum absolute atomic E-state index is 0.142. The number of nitrogens with one attached hydrogen (secondary N) is 2. The van der Waals surface area contributed by atoms with E-state index in [1.54, 1.807) is 19.1 Å². The smallest absolute Gasteiger partial charge is 0.340 e. The third kappa shape index (κ3) is 4.58. The number of benzene rings is 1. The number of hydrogen-bond acceptors (Lipinski definition) is 7. The van der Waals surface area contributed by atoms with Gasteiger partial charge in [0, 0.05) is 5.39 Å². The highest BCUT2D eigenvalue weighted by molar-refractivity contribution is 5.91. The molecule has 1 aromatic carbocycles. The molecule has 0 aliphatic carbocycles. The van der Waals surface area contributed by atoms with E-state index in [0.29, 0.717) is 16.7 Å². The van der Waals surface area contributed by atoms with Crippen molar-refractivity contribution >= 4 is 28.8 Å². The SMILES string of the molecule is COc1ccc2c(C)c(CC(=O)NCC(=O)NCC(=O)O)c(=O)oc2c1OC. The Morgan fingerprint density at radius 3 is 2.36 bits per heavy atom. The standard InChI is InChI=1S/C18H20N2O8/c1-9-10-4-5-12(26-2)17(27-3)16(10)28-18(25)11(9)6-13(21)19-7-14(22)20-8-15(23)24/h4-5H,6-8H2,1-3H3,(H,19,21)(H,20,22)(H,23,24). The van der Waals surface area contributed by atoms with Crippen LogP contribution in [0.4, 0.5) is 0 Å². The number of aryl methyl sites for hydroxylation is 1. The number of carboxylic acids is 1. The molecule has 0 fully saturated rings. The van der Waals surface area contributed by atoms with Gasteiger partial charge in [0.2, 0.25) is 17.6 Å². The molecule has 2 aromatic rings. The second-order valence-corrected chi connectivity index (χ2v) is 5.79. The monoisotopic (exact) mass is 392 g/mol. The molecule has 2 rings (SSSR count). The fourth-order valence-electron chi connectivity index (χ4n) is 2.61. The van der Waals surface area contributed by atoms with Crippen LogP contribution in [0.25, 0.3) is 11.0 Å². The zero-order valence-electron chi connectivity index (χ0n) is 15.6. The van der Waals surface area contributed by atoms with E-state index in [-0.39, 0.29) is 23.3 Å². The second kappa shape index (κ2) is 8.89. The summed E-state index contributed by atoms with van der Waals surface area (Å²) in [5.74, 6) is -1.77. The quantitative estimate of drug-likeness (QED) is 0.532. The number of carbonyl (C=O) groups is 3. The van der Waals surface area contributed by atoms with E-state index in [0.717, 1.165) is 0 Å². The van der Waals surface area contributed by atoms with Crippen molar-refractivity contribution in [3.8, 4) is 11.5 Å². The van der Waals surface area contributed by atoms with Crippen molar-refractivity contribution < 1.29 is 33.4 Å². The molecule has 0 aliphatic rings. The van der Waals surface area contributed by atoms with Gasteiger partial charge in [0.25, 0.3) is 0 Å². The van der Waals surface area contributed by atoms with Gasteiger partial charge in [0.15, 0.2) is 11.3 Å². The summed E-state index contributed by atoms with van der Waals surface area (Å²) in [7, 11) is 2.88. The number of amides is 2. The van der Waals surface area contributed by atoms with Gasteiger partial charge in [-0.05, 0) is 24.6 Å². The van der Waals surface area contributed by atoms with Crippen molar-refractivity contribution in [2.75, 3.05) is 27.3 Å². The predicted molar refractivity (Wildman–Crippen MR) is 97.7 cm³/mol. The third-order valence-electron chi connectivity index (χ3n) is 4.02. The number of rotatable bonds is 8. The molecular formula is C18H20N2O8. The molecule has 0 bridgehead atoms. The molecule has 150 valence electrons. The van der Waals surface area contributed by atoms with Gasteiger partial charge in [-0.1, -0.05) is 0 Å². The van der Waals surface area contributed by atoms with Crippen LogP contribution in [0.5, 0.6) is 11.5 Å². The largest absolute Gasteiger partial charge is 0.493 e. The summed E-state index contributed by atoms with van der Waals surface area (Å²) >= 11 is 0. The van der Waals surface area contributed by atoms with Crippen LogP contribution in [-0.4, -0.2) is 50.2 Å². The first-order chi connectivity index (χ1) is 13.3. The van der Waals surface area contributed by atoms with Gasteiger partial charge in [0.1, 0.15) is 6.54 Å². The number of ether oxygens (including phenoxy) is 2. The van der Waals surface area contributed by atoms with Crippen molar-refractivity contribution in [3.63, 3.8) is 0 Å². The number of aliphatic carboxylic acids is 1. The van der Waals surface area contributed by atoms with Crippen LogP contribution in [0, 0.1) is 6.92 Å². The lowest BCUT2D eigenvalue weighted by Crippen LogP contribution is -2.39.